The van der Waals surface area contributed by atoms with Gasteiger partial charge in [-0.05, 0) is 42.5 Å². The number of thiol groups is 1. The Bertz CT molecular complexity index is 851. The molecule has 3 N–H and O–H groups in total. The van der Waals surface area contributed by atoms with Crippen LogP contribution in [0.1, 0.15) is 0 Å². The van der Waals surface area contributed by atoms with E-state index in [4.69, 9.17) is 5.73 Å². The molecule has 1 aromatic heterocycles. The minimum Gasteiger partial charge on any atom is -0.399 e. The van der Waals surface area contributed by atoms with E-state index in [2.05, 4.69) is 9.71 Å². The molecule has 5 nitrogen and oxygen atoms in total. The minimum atomic E-state index is -2.66. The number of nitrogens with zero attached hydrogens (tertiary/aromatic N) is 1. The topological polar surface area (TPSA) is 85.1 Å². The first-order chi connectivity index (χ1) is 9.11. The van der Waals surface area contributed by atoms with E-state index < -0.39 is 10.9 Å². The average molecular weight is 273 g/mol. The van der Waals surface area contributed by atoms with E-state index in [0.29, 0.717) is 11.4 Å². The summed E-state index contributed by atoms with van der Waals surface area (Å²) in [7, 11) is -2.66. The Labute approximate surface area is 111 Å². The molecular formula is C13H11N3O2S. The number of hydrogen-bond acceptors (Lipinski definition) is 4. The summed E-state index contributed by atoms with van der Waals surface area (Å²) in [6, 6.07) is 12.7. The van der Waals surface area contributed by atoms with Gasteiger partial charge in [0.05, 0.1) is 11.0 Å². The molecule has 3 rings (SSSR count). The molecule has 0 amide bonds. The second-order valence-corrected chi connectivity index (χ2v) is 4.95. The van der Waals surface area contributed by atoms with Gasteiger partial charge in [-0.1, -0.05) is 0 Å². The van der Waals surface area contributed by atoms with Crippen LogP contribution in [0.4, 0.5) is 11.4 Å². The van der Waals surface area contributed by atoms with Gasteiger partial charge in [0.1, 0.15) is 0 Å². The highest BCUT2D eigenvalue weighted by atomic mass is 32.2. The van der Waals surface area contributed by atoms with E-state index in [1.807, 2.05) is 18.2 Å². The summed E-state index contributed by atoms with van der Waals surface area (Å²) in [6.45, 7) is 0. The SMILES string of the molecule is Nc1ccc2nc3ccc(N[SH](=O)=O)cc3cc2c1. The zero-order valence-corrected chi connectivity index (χ0v) is 10.7. The predicted octanol–water partition coefficient (Wildman–Crippen LogP) is 1.91. The van der Waals surface area contributed by atoms with E-state index in [-0.39, 0.29) is 0 Å². The molecule has 0 saturated heterocycles. The van der Waals surface area contributed by atoms with Crippen LogP contribution < -0.4 is 10.5 Å². The molecule has 0 fully saturated rings. The number of nitrogens with one attached hydrogen (secondary N) is 1. The summed E-state index contributed by atoms with van der Waals surface area (Å²) in [5, 5.41) is 1.79. The normalized spacial score (nSPS) is 11.2. The fourth-order valence-corrected chi connectivity index (χ4v) is 2.38. The Balaban J connectivity index is 2.24. The molecule has 0 atom stereocenters. The van der Waals surface area contributed by atoms with Crippen LogP contribution in [-0.2, 0) is 10.9 Å². The van der Waals surface area contributed by atoms with Gasteiger partial charge in [-0.3, -0.25) is 4.72 Å². The van der Waals surface area contributed by atoms with Crippen LogP contribution in [0.2, 0.25) is 0 Å². The highest BCUT2D eigenvalue weighted by Crippen LogP contribution is 2.23. The molecule has 96 valence electrons. The van der Waals surface area contributed by atoms with Crippen molar-refractivity contribution >= 4 is 44.1 Å². The number of pyridine rings is 1. The van der Waals surface area contributed by atoms with Gasteiger partial charge in [0.15, 0.2) is 0 Å². The number of nitrogen functional groups attached to an aromatic ring is 1. The minimum absolute atomic E-state index is 0.522. The van der Waals surface area contributed by atoms with Gasteiger partial charge in [0.25, 0.3) is 0 Å². The highest BCUT2D eigenvalue weighted by molar-refractivity contribution is 7.73. The summed E-state index contributed by atoms with van der Waals surface area (Å²) in [5.74, 6) is 0. The lowest BCUT2D eigenvalue weighted by Gasteiger charge is -2.04. The Morgan fingerprint density at radius 1 is 0.947 bits per heavy atom. The molecule has 0 aliphatic rings. The van der Waals surface area contributed by atoms with Gasteiger partial charge >= 0.3 is 0 Å². The average Bonchev–Trinajstić information content (AvgIpc) is 2.35. The Kier molecular flexibility index (Phi) is 2.72. The fourth-order valence-electron chi connectivity index (χ4n) is 2.03. The van der Waals surface area contributed by atoms with E-state index in [0.717, 1.165) is 21.8 Å². The number of nitrogens with two attached hydrogens (primary N) is 1. The Morgan fingerprint density at radius 2 is 1.63 bits per heavy atom. The number of aromatic nitrogens is 1. The second kappa shape index (κ2) is 4.40. The number of rotatable bonds is 2. The summed E-state index contributed by atoms with van der Waals surface area (Å²) in [6.07, 6.45) is 0. The van der Waals surface area contributed by atoms with Crippen molar-refractivity contribution in [1.29, 1.82) is 0 Å². The molecule has 0 aliphatic carbocycles. The molecule has 19 heavy (non-hydrogen) atoms. The van der Waals surface area contributed by atoms with Gasteiger partial charge in [-0.15, -0.1) is 0 Å². The molecule has 3 aromatic rings. The standard InChI is InChI=1S/C13H11N3O2S/c14-10-1-3-12-8(6-10)5-9-7-11(16-19(17)18)2-4-13(9)15-12/h1-7,19H,14H2,(H,16,17,18). The lowest BCUT2D eigenvalue weighted by molar-refractivity contribution is 0.619. The van der Waals surface area contributed by atoms with Crippen molar-refractivity contribution in [3.8, 4) is 0 Å². The quantitative estimate of drug-likeness (QED) is 0.378. The van der Waals surface area contributed by atoms with Crippen molar-refractivity contribution in [3.05, 3.63) is 42.5 Å². The molecule has 0 bridgehead atoms. The van der Waals surface area contributed by atoms with Crippen LogP contribution in [-0.4, -0.2) is 13.4 Å². The largest absolute Gasteiger partial charge is 0.399 e. The summed E-state index contributed by atoms with van der Waals surface area (Å²) in [5.41, 5.74) is 8.61. The monoisotopic (exact) mass is 273 g/mol. The zero-order valence-electron chi connectivity index (χ0n) is 9.83. The van der Waals surface area contributed by atoms with Crippen molar-refractivity contribution in [1.82, 2.24) is 4.98 Å². The van der Waals surface area contributed by atoms with Crippen LogP contribution in [0, 0.1) is 0 Å². The number of benzene rings is 2. The van der Waals surface area contributed by atoms with E-state index in [1.54, 1.807) is 24.3 Å². The molecule has 0 radical (unpaired) electrons. The van der Waals surface area contributed by atoms with Gasteiger partial charge in [0, 0.05) is 22.1 Å². The summed E-state index contributed by atoms with van der Waals surface area (Å²) >= 11 is 0. The van der Waals surface area contributed by atoms with E-state index in [9.17, 15) is 8.42 Å². The van der Waals surface area contributed by atoms with Crippen molar-refractivity contribution in [3.63, 3.8) is 0 Å². The molecule has 0 saturated carbocycles. The summed E-state index contributed by atoms with van der Waals surface area (Å²) in [4.78, 5) is 4.50. The molecule has 0 aliphatic heterocycles. The van der Waals surface area contributed by atoms with Crippen LogP contribution in [0.5, 0.6) is 0 Å². The molecule has 0 spiro atoms. The lowest BCUT2D eigenvalue weighted by Crippen LogP contribution is -1.94. The molecular weight excluding hydrogens is 262 g/mol. The number of anilines is 2. The highest BCUT2D eigenvalue weighted by Gasteiger charge is 2.02. The number of hydrogen-bond donors (Lipinski definition) is 3. The van der Waals surface area contributed by atoms with E-state index >= 15 is 0 Å². The van der Waals surface area contributed by atoms with Crippen molar-refractivity contribution in [2.75, 3.05) is 10.5 Å². The van der Waals surface area contributed by atoms with Crippen molar-refractivity contribution in [2.24, 2.45) is 0 Å². The van der Waals surface area contributed by atoms with Crippen LogP contribution in [0.25, 0.3) is 21.8 Å². The smallest absolute Gasteiger partial charge is 0.222 e. The summed E-state index contributed by atoms with van der Waals surface area (Å²) < 4.78 is 23.7. The van der Waals surface area contributed by atoms with Crippen molar-refractivity contribution < 1.29 is 8.42 Å². The molecule has 0 unspecified atom stereocenters. The maximum Gasteiger partial charge on any atom is 0.222 e. The third-order valence-electron chi connectivity index (χ3n) is 2.85. The fraction of sp³-hybridized carbons (Fsp3) is 0. The first-order valence-corrected chi connectivity index (χ1v) is 6.81. The maximum atomic E-state index is 10.7. The predicted molar refractivity (Wildman–Crippen MR) is 77.6 cm³/mol. The van der Waals surface area contributed by atoms with Crippen molar-refractivity contribution in [2.45, 2.75) is 0 Å². The van der Waals surface area contributed by atoms with Gasteiger partial charge in [-0.2, -0.15) is 0 Å². The van der Waals surface area contributed by atoms with Gasteiger partial charge in [-0.25, -0.2) is 13.4 Å². The zero-order chi connectivity index (χ0) is 13.4. The number of fused-ring (bicyclic) bond motifs is 2. The van der Waals surface area contributed by atoms with E-state index in [1.165, 1.54) is 0 Å². The lowest BCUT2D eigenvalue weighted by atomic mass is 10.1. The van der Waals surface area contributed by atoms with Gasteiger partial charge in [0.2, 0.25) is 10.9 Å². The first kappa shape index (κ1) is 11.7. The van der Waals surface area contributed by atoms with Crippen LogP contribution in [0.15, 0.2) is 42.5 Å². The maximum absolute atomic E-state index is 10.7. The second-order valence-electron chi connectivity index (χ2n) is 4.22. The van der Waals surface area contributed by atoms with Gasteiger partial charge < -0.3 is 5.73 Å². The third kappa shape index (κ3) is 2.30. The molecule has 2 aromatic carbocycles. The third-order valence-corrected chi connectivity index (χ3v) is 3.29. The first-order valence-electron chi connectivity index (χ1n) is 5.63. The Hall–Kier alpha value is -2.34. The Morgan fingerprint density at radius 3 is 2.37 bits per heavy atom. The van der Waals surface area contributed by atoms with Crippen LogP contribution >= 0.6 is 0 Å². The van der Waals surface area contributed by atoms with Crippen LogP contribution in [0.3, 0.4) is 0 Å². The molecule has 6 heteroatoms. The molecule has 1 heterocycles.